The van der Waals surface area contributed by atoms with E-state index in [-0.39, 0.29) is 5.41 Å². The van der Waals surface area contributed by atoms with Crippen LogP contribution in [0.4, 0.5) is 17.1 Å². The number of hydrogen-bond acceptors (Lipinski definition) is 2. The third-order valence-corrected chi connectivity index (χ3v) is 12.8. The van der Waals surface area contributed by atoms with Gasteiger partial charge in [0.2, 0.25) is 0 Å². The van der Waals surface area contributed by atoms with Gasteiger partial charge in [-0.05, 0) is 116 Å². The summed E-state index contributed by atoms with van der Waals surface area (Å²) in [5.41, 5.74) is 24.0. The summed E-state index contributed by atoms with van der Waals surface area (Å²) in [6.07, 6.45) is 0.943. The Kier molecular flexibility index (Phi) is 6.36. The van der Waals surface area contributed by atoms with Crippen molar-refractivity contribution >= 4 is 44.6 Å². The number of nitrogens with zero attached hydrogens (tertiary/aromatic N) is 1. The van der Waals surface area contributed by atoms with Crippen molar-refractivity contribution in [1.29, 1.82) is 0 Å². The van der Waals surface area contributed by atoms with Crippen LogP contribution in [0, 0.1) is 0 Å². The Labute approximate surface area is 326 Å². The fraction of sp³-hybridized carbons (Fsp3) is 0.0741. The van der Waals surface area contributed by atoms with E-state index in [0.29, 0.717) is 0 Å². The Morgan fingerprint density at radius 3 is 1.96 bits per heavy atom. The number of anilines is 3. The molecule has 0 amide bonds. The third kappa shape index (κ3) is 4.27. The van der Waals surface area contributed by atoms with Gasteiger partial charge in [0.15, 0.2) is 0 Å². The highest BCUT2D eigenvalue weighted by molar-refractivity contribution is 6.10. The molecular weight excluding hydrogens is 679 g/mol. The molecule has 0 saturated carbocycles. The number of furan rings is 1. The molecule has 0 N–H and O–H groups in total. The van der Waals surface area contributed by atoms with Gasteiger partial charge in [-0.3, -0.25) is 0 Å². The van der Waals surface area contributed by atoms with Crippen LogP contribution in [-0.2, 0) is 11.8 Å². The lowest BCUT2D eigenvalue weighted by atomic mass is 9.82. The van der Waals surface area contributed by atoms with Gasteiger partial charge in [-0.1, -0.05) is 142 Å². The Morgan fingerprint density at radius 2 is 1.12 bits per heavy atom. The molecule has 0 spiro atoms. The molecule has 2 heteroatoms. The second-order valence-corrected chi connectivity index (χ2v) is 16.1. The molecule has 2 nitrogen and oxygen atoms in total. The van der Waals surface area contributed by atoms with Gasteiger partial charge < -0.3 is 9.32 Å². The fourth-order valence-corrected chi connectivity index (χ4v) is 10.1. The molecule has 0 unspecified atom stereocenters. The highest BCUT2D eigenvalue weighted by Gasteiger charge is 2.37. The molecule has 3 aliphatic rings. The Balaban J connectivity index is 1.05. The number of rotatable bonds is 3. The first-order valence-corrected chi connectivity index (χ1v) is 19.6. The smallest absolute Gasteiger partial charge is 0.143 e. The van der Waals surface area contributed by atoms with Crippen molar-refractivity contribution in [3.63, 3.8) is 0 Å². The van der Waals surface area contributed by atoms with Gasteiger partial charge in [0, 0.05) is 38.6 Å². The maximum atomic E-state index is 6.54. The first-order valence-electron chi connectivity index (χ1n) is 19.6. The topological polar surface area (TPSA) is 16.4 Å². The molecule has 9 aromatic rings. The summed E-state index contributed by atoms with van der Waals surface area (Å²) in [4.78, 5) is 2.46. The fourth-order valence-electron chi connectivity index (χ4n) is 10.1. The highest BCUT2D eigenvalue weighted by Crippen LogP contribution is 2.54. The first-order chi connectivity index (χ1) is 27.4. The number of fused-ring (bicyclic) bond motifs is 11. The molecule has 0 bridgehead atoms. The summed E-state index contributed by atoms with van der Waals surface area (Å²) in [5, 5.41) is 2.27. The van der Waals surface area contributed by atoms with Gasteiger partial charge >= 0.3 is 0 Å². The zero-order valence-corrected chi connectivity index (χ0v) is 31.4. The summed E-state index contributed by atoms with van der Waals surface area (Å²) in [6.45, 7) is 9.57. The van der Waals surface area contributed by atoms with Crippen LogP contribution in [0.2, 0.25) is 0 Å². The van der Waals surface area contributed by atoms with Crippen molar-refractivity contribution in [3.05, 3.63) is 204 Å². The predicted octanol–water partition coefficient (Wildman–Crippen LogP) is 14.6. The lowest BCUT2D eigenvalue weighted by Gasteiger charge is -2.36. The van der Waals surface area contributed by atoms with Gasteiger partial charge in [0.25, 0.3) is 0 Å². The lowest BCUT2D eigenvalue weighted by molar-refractivity contribution is 0.660. The van der Waals surface area contributed by atoms with Crippen molar-refractivity contribution in [2.24, 2.45) is 0 Å². The molecular formula is C54H37NO. The average Bonchev–Trinajstić information content (AvgIpc) is 3.89. The lowest BCUT2D eigenvalue weighted by Crippen LogP contribution is -2.20. The number of benzene rings is 8. The van der Waals surface area contributed by atoms with Crippen LogP contribution in [-0.4, -0.2) is 0 Å². The molecule has 2 aliphatic carbocycles. The molecule has 2 heterocycles. The van der Waals surface area contributed by atoms with E-state index in [9.17, 15) is 0 Å². The first kappa shape index (κ1) is 31.5. The van der Waals surface area contributed by atoms with Crippen molar-refractivity contribution < 1.29 is 4.42 Å². The summed E-state index contributed by atoms with van der Waals surface area (Å²) in [7, 11) is 0. The molecule has 0 radical (unpaired) electrons. The molecule has 8 aromatic carbocycles. The molecule has 56 heavy (non-hydrogen) atoms. The number of hydrogen-bond donors (Lipinski definition) is 0. The van der Waals surface area contributed by atoms with Crippen LogP contribution >= 0.6 is 0 Å². The van der Waals surface area contributed by atoms with E-state index >= 15 is 0 Å². The summed E-state index contributed by atoms with van der Waals surface area (Å²) in [6, 6.07) is 60.2. The van der Waals surface area contributed by atoms with E-state index < -0.39 is 0 Å². The normalized spacial score (nSPS) is 14.3. The average molecular weight is 716 g/mol. The third-order valence-electron chi connectivity index (χ3n) is 12.8. The van der Waals surface area contributed by atoms with Crippen LogP contribution in [0.5, 0.6) is 0 Å². The van der Waals surface area contributed by atoms with Gasteiger partial charge in [-0.25, -0.2) is 0 Å². The standard InChI is InChI=1S/C54H37NO/c1-32-45-28-34(38-16-10-18-40-37-13-5-4-12-33(37)30-47(38)40)22-26-50(45)55(36-24-25-42-41-14-6-8-20-48(41)54(2,3)49(42)31-36)51-27-23-35(29-46(32)51)39-17-11-19-44-43-15-7-9-21-52(43)56-53(39)44/h4-29,31H,1,30H2,2-3H3. The summed E-state index contributed by atoms with van der Waals surface area (Å²) in [5.74, 6) is 0. The Bertz CT molecular complexity index is 3170. The highest BCUT2D eigenvalue weighted by atomic mass is 16.3. The van der Waals surface area contributed by atoms with E-state index in [1.54, 1.807) is 0 Å². The number of para-hydroxylation sites is 2. The second kappa shape index (κ2) is 11.3. The van der Waals surface area contributed by atoms with E-state index in [1.165, 1.54) is 55.6 Å². The zero-order chi connectivity index (χ0) is 37.3. The maximum Gasteiger partial charge on any atom is 0.143 e. The van der Waals surface area contributed by atoms with Crippen LogP contribution < -0.4 is 4.90 Å². The molecule has 1 aromatic heterocycles. The minimum absolute atomic E-state index is 0.114. The largest absolute Gasteiger partial charge is 0.455 e. The predicted molar refractivity (Wildman–Crippen MR) is 233 cm³/mol. The molecule has 264 valence electrons. The molecule has 1 aliphatic heterocycles. The minimum atomic E-state index is -0.114. The quantitative estimate of drug-likeness (QED) is 0.181. The van der Waals surface area contributed by atoms with Gasteiger partial charge in [0.05, 0.1) is 11.4 Å². The Hall–Kier alpha value is -6.90. The Morgan fingerprint density at radius 1 is 0.500 bits per heavy atom. The van der Waals surface area contributed by atoms with Crippen LogP contribution in [0.1, 0.15) is 47.2 Å². The van der Waals surface area contributed by atoms with Crippen molar-refractivity contribution in [2.45, 2.75) is 25.7 Å². The van der Waals surface area contributed by atoms with Gasteiger partial charge in [0.1, 0.15) is 11.2 Å². The van der Waals surface area contributed by atoms with Crippen LogP contribution in [0.15, 0.2) is 175 Å². The molecule has 0 atom stereocenters. The van der Waals surface area contributed by atoms with E-state index in [2.05, 4.69) is 176 Å². The van der Waals surface area contributed by atoms with Crippen molar-refractivity contribution in [1.82, 2.24) is 0 Å². The van der Waals surface area contributed by atoms with Crippen molar-refractivity contribution in [2.75, 3.05) is 4.90 Å². The SMILES string of the molecule is C=C1c2cc(-c3cccc4c3Cc3ccccc3-4)ccc2N(c2ccc3c(c2)C(C)(C)c2ccccc2-3)c2ccc(-c3cccc4c3oc3ccccc34)cc21. The van der Waals surface area contributed by atoms with Gasteiger partial charge in [-0.15, -0.1) is 0 Å². The minimum Gasteiger partial charge on any atom is -0.455 e. The van der Waals surface area contributed by atoms with Crippen LogP contribution in [0.25, 0.3) is 72.0 Å². The molecule has 12 rings (SSSR count). The second-order valence-electron chi connectivity index (χ2n) is 16.1. The van der Waals surface area contributed by atoms with E-state index in [4.69, 9.17) is 11.0 Å². The molecule has 0 fully saturated rings. The monoisotopic (exact) mass is 715 g/mol. The molecule has 0 saturated heterocycles. The summed E-state index contributed by atoms with van der Waals surface area (Å²) < 4.78 is 6.54. The van der Waals surface area contributed by atoms with Crippen molar-refractivity contribution in [3.8, 4) is 44.5 Å². The zero-order valence-electron chi connectivity index (χ0n) is 31.4. The van der Waals surface area contributed by atoms with E-state index in [0.717, 1.165) is 73.2 Å². The van der Waals surface area contributed by atoms with Gasteiger partial charge in [-0.2, -0.15) is 0 Å². The maximum absolute atomic E-state index is 6.54. The van der Waals surface area contributed by atoms with E-state index in [1.807, 2.05) is 6.07 Å². The van der Waals surface area contributed by atoms with Crippen LogP contribution in [0.3, 0.4) is 0 Å². The summed E-state index contributed by atoms with van der Waals surface area (Å²) >= 11 is 0.